The lowest BCUT2D eigenvalue weighted by molar-refractivity contribution is 0.601. The van der Waals surface area contributed by atoms with Crippen LogP contribution in [0.15, 0.2) is 65.6 Å². The first-order valence-corrected chi connectivity index (χ1v) is 11.7. The van der Waals surface area contributed by atoms with Crippen molar-refractivity contribution in [3.8, 4) is 11.3 Å². The van der Waals surface area contributed by atoms with Crippen molar-refractivity contribution in [1.29, 1.82) is 0 Å². The third-order valence-corrected chi connectivity index (χ3v) is 6.37. The number of anilines is 2. The molecule has 0 amide bonds. The minimum absolute atomic E-state index is 0.0264. The largest absolute Gasteiger partial charge is 0.335 e. The Morgan fingerprint density at radius 1 is 1.07 bits per heavy atom. The molecule has 0 fully saturated rings. The zero-order valence-corrected chi connectivity index (χ0v) is 17.5. The predicted octanol–water partition coefficient (Wildman–Crippen LogP) is 3.80. The zero-order chi connectivity index (χ0) is 21.0. The van der Waals surface area contributed by atoms with E-state index in [1.807, 2.05) is 65.9 Å². The Bertz CT molecular complexity index is 1450. The smallest absolute Gasteiger partial charge is 0.272 e. The summed E-state index contributed by atoms with van der Waals surface area (Å²) >= 11 is 0. The van der Waals surface area contributed by atoms with E-state index in [1.165, 1.54) is 6.26 Å². The molecule has 0 spiro atoms. The molecule has 5 rings (SSSR count). The Balaban J connectivity index is 1.84. The summed E-state index contributed by atoms with van der Waals surface area (Å²) in [6.45, 7) is 2.49. The molecule has 1 N–H and O–H groups in total. The first kappa shape index (κ1) is 18.7. The van der Waals surface area contributed by atoms with Gasteiger partial charge in [-0.15, -0.1) is 0 Å². The third-order valence-electron chi connectivity index (χ3n) is 5.51. The van der Waals surface area contributed by atoms with E-state index in [4.69, 9.17) is 0 Å². The van der Waals surface area contributed by atoms with E-state index in [2.05, 4.69) is 9.88 Å². The Labute approximate surface area is 174 Å². The van der Waals surface area contributed by atoms with Crippen LogP contribution < -0.4 is 10.5 Å². The van der Waals surface area contributed by atoms with Crippen LogP contribution in [0.25, 0.3) is 16.8 Å². The number of sulfone groups is 1. The maximum absolute atomic E-state index is 12.6. The first-order chi connectivity index (χ1) is 14.3. The molecule has 0 atom stereocenters. The van der Waals surface area contributed by atoms with E-state index in [-0.39, 0.29) is 11.3 Å². The number of nitrogens with one attached hydrogen (secondary N) is 1. The van der Waals surface area contributed by atoms with E-state index >= 15 is 0 Å². The van der Waals surface area contributed by atoms with Crippen LogP contribution in [0.1, 0.15) is 16.8 Å². The van der Waals surface area contributed by atoms with Gasteiger partial charge in [0.15, 0.2) is 9.84 Å². The Kier molecular flexibility index (Phi) is 4.11. The fraction of sp³-hybridized carbons (Fsp3) is 0.174. The molecule has 3 heterocycles. The second kappa shape index (κ2) is 6.60. The molecule has 2 aromatic heterocycles. The number of aryl methyl sites for hydroxylation is 1. The van der Waals surface area contributed by atoms with Crippen molar-refractivity contribution in [3.05, 3.63) is 88.0 Å². The summed E-state index contributed by atoms with van der Waals surface area (Å²) in [6.07, 6.45) is 3.00. The van der Waals surface area contributed by atoms with E-state index in [1.54, 1.807) is 6.20 Å². The van der Waals surface area contributed by atoms with Gasteiger partial charge in [0, 0.05) is 23.7 Å². The predicted molar refractivity (Wildman–Crippen MR) is 119 cm³/mol. The average molecular weight is 420 g/mol. The molecule has 0 saturated carbocycles. The van der Waals surface area contributed by atoms with Gasteiger partial charge in [0.25, 0.3) is 5.56 Å². The molecule has 6 nitrogen and oxygen atoms in total. The first-order valence-electron chi connectivity index (χ1n) is 9.68. The van der Waals surface area contributed by atoms with E-state index in [9.17, 15) is 13.2 Å². The SMILES string of the molecule is Cc1cc2n3c(c[nH]c(=O)c13)CN(c1ccccc1)c1ccc(CS(C)(=O)=O)cc1-2. The van der Waals surface area contributed by atoms with Crippen LogP contribution in [0.4, 0.5) is 11.4 Å². The highest BCUT2D eigenvalue weighted by Gasteiger charge is 2.25. The Morgan fingerprint density at radius 3 is 2.57 bits per heavy atom. The van der Waals surface area contributed by atoms with Crippen molar-refractivity contribution in [2.45, 2.75) is 19.2 Å². The van der Waals surface area contributed by atoms with Gasteiger partial charge in [-0.3, -0.25) is 4.79 Å². The summed E-state index contributed by atoms with van der Waals surface area (Å²) in [6, 6.07) is 17.8. The fourth-order valence-corrected chi connectivity index (χ4v) is 5.10. The maximum Gasteiger partial charge on any atom is 0.272 e. The normalized spacial score (nSPS) is 13.3. The molecule has 152 valence electrons. The molecule has 1 aliphatic rings. The second-order valence-corrected chi connectivity index (χ2v) is 9.99. The molecular weight excluding hydrogens is 398 g/mol. The molecule has 0 aliphatic carbocycles. The lowest BCUT2D eigenvalue weighted by Gasteiger charge is -2.25. The lowest BCUT2D eigenvalue weighted by atomic mass is 10.0. The quantitative estimate of drug-likeness (QED) is 0.548. The van der Waals surface area contributed by atoms with Crippen LogP contribution in [0.5, 0.6) is 0 Å². The molecule has 0 radical (unpaired) electrons. The van der Waals surface area contributed by atoms with Gasteiger partial charge in [-0.25, -0.2) is 8.42 Å². The van der Waals surface area contributed by atoms with Crippen LogP contribution in [0.2, 0.25) is 0 Å². The minimum atomic E-state index is -3.17. The number of aromatic amines is 1. The number of aromatic nitrogens is 2. The van der Waals surface area contributed by atoms with Crippen LogP contribution in [-0.2, 0) is 22.1 Å². The molecule has 4 aromatic rings. The molecule has 0 unspecified atom stereocenters. The summed E-state index contributed by atoms with van der Waals surface area (Å²) < 4.78 is 25.8. The maximum atomic E-state index is 12.6. The molecule has 0 saturated heterocycles. The van der Waals surface area contributed by atoms with E-state index in [0.29, 0.717) is 12.1 Å². The molecule has 7 heteroatoms. The fourth-order valence-electron chi connectivity index (χ4n) is 4.31. The van der Waals surface area contributed by atoms with Gasteiger partial charge >= 0.3 is 0 Å². The number of hydrogen-bond acceptors (Lipinski definition) is 4. The Hall–Kier alpha value is -3.32. The van der Waals surface area contributed by atoms with Gasteiger partial charge in [-0.2, -0.15) is 0 Å². The molecule has 1 aliphatic heterocycles. The molecule has 0 bridgehead atoms. The van der Waals surface area contributed by atoms with Gasteiger partial charge in [0.05, 0.1) is 29.4 Å². The molecular formula is C23H21N3O3S. The van der Waals surface area contributed by atoms with Crippen molar-refractivity contribution in [1.82, 2.24) is 9.38 Å². The van der Waals surface area contributed by atoms with Crippen LogP contribution >= 0.6 is 0 Å². The third kappa shape index (κ3) is 3.02. The highest BCUT2D eigenvalue weighted by atomic mass is 32.2. The summed E-state index contributed by atoms with van der Waals surface area (Å²) in [7, 11) is -3.17. The van der Waals surface area contributed by atoms with Crippen molar-refractivity contribution in [2.75, 3.05) is 11.2 Å². The summed E-state index contributed by atoms with van der Waals surface area (Å²) in [4.78, 5) is 17.6. The second-order valence-electron chi connectivity index (χ2n) is 7.85. The standard InChI is InChI=1S/C23H21N3O3S/c1-15-10-21-19-11-16(14-30(2,28)29)8-9-20(19)25(17-6-4-3-5-7-17)13-18-12-24-23(27)22(15)26(18)21/h3-12H,13-14H2,1-2H3,(H,24,27). The number of benzene rings is 2. The number of nitrogens with zero attached hydrogens (tertiary/aromatic N) is 2. The number of H-pyrrole nitrogens is 1. The highest BCUT2D eigenvalue weighted by Crippen LogP contribution is 2.41. The summed E-state index contributed by atoms with van der Waals surface area (Å²) in [5.74, 6) is -0.0264. The number of para-hydroxylation sites is 1. The van der Waals surface area contributed by atoms with Gasteiger partial charge < -0.3 is 14.3 Å². The lowest BCUT2D eigenvalue weighted by Crippen LogP contribution is -2.19. The number of rotatable bonds is 3. The summed E-state index contributed by atoms with van der Waals surface area (Å²) in [5, 5.41) is 0. The van der Waals surface area contributed by atoms with Crippen molar-refractivity contribution < 1.29 is 8.42 Å². The minimum Gasteiger partial charge on any atom is -0.335 e. The number of fused-ring (bicyclic) bond motifs is 2. The van der Waals surface area contributed by atoms with E-state index < -0.39 is 9.84 Å². The van der Waals surface area contributed by atoms with Crippen LogP contribution in [0, 0.1) is 6.92 Å². The van der Waals surface area contributed by atoms with E-state index in [0.717, 1.165) is 39.5 Å². The average Bonchev–Trinajstić information content (AvgIpc) is 2.99. The summed E-state index contributed by atoms with van der Waals surface area (Å²) in [5.41, 5.74) is 6.86. The van der Waals surface area contributed by atoms with Crippen LogP contribution in [0.3, 0.4) is 0 Å². The topological polar surface area (TPSA) is 74.7 Å². The number of hydrogen-bond donors (Lipinski definition) is 1. The van der Waals surface area contributed by atoms with Gasteiger partial charge in [-0.05, 0) is 48.4 Å². The zero-order valence-electron chi connectivity index (χ0n) is 16.7. The Morgan fingerprint density at radius 2 is 1.83 bits per heavy atom. The highest BCUT2D eigenvalue weighted by molar-refractivity contribution is 7.89. The monoisotopic (exact) mass is 419 g/mol. The van der Waals surface area contributed by atoms with Crippen molar-refractivity contribution in [2.24, 2.45) is 0 Å². The molecule has 2 aromatic carbocycles. The van der Waals surface area contributed by atoms with Gasteiger partial charge in [0.1, 0.15) is 5.52 Å². The van der Waals surface area contributed by atoms with Crippen LogP contribution in [-0.4, -0.2) is 24.1 Å². The van der Waals surface area contributed by atoms with Gasteiger partial charge in [-0.1, -0.05) is 24.3 Å². The van der Waals surface area contributed by atoms with Crippen molar-refractivity contribution in [3.63, 3.8) is 0 Å². The van der Waals surface area contributed by atoms with Crippen molar-refractivity contribution >= 4 is 26.7 Å². The van der Waals surface area contributed by atoms with Gasteiger partial charge in [0.2, 0.25) is 0 Å². The molecule has 30 heavy (non-hydrogen) atoms.